The molecule has 236 valence electrons. The van der Waals surface area contributed by atoms with Crippen molar-refractivity contribution < 1.29 is 4.48 Å². The van der Waals surface area contributed by atoms with Gasteiger partial charge in [-0.25, -0.2) is 0 Å². The Morgan fingerprint density at radius 1 is 0.634 bits per heavy atom. The van der Waals surface area contributed by atoms with E-state index in [0.717, 1.165) is 17.6 Å². The van der Waals surface area contributed by atoms with Gasteiger partial charge in [0.25, 0.3) is 0 Å². The lowest BCUT2D eigenvalue weighted by atomic mass is 10.0. The van der Waals surface area contributed by atoms with E-state index in [9.17, 15) is 0 Å². The molecule has 0 aliphatic heterocycles. The number of nitrogens with zero attached hydrogens (tertiary/aromatic N) is 2. The number of unbranched alkanes of at least 4 members (excludes halogenated alkanes) is 13. The molecular formula is C37H65Cl2N2+. The minimum absolute atomic E-state index is 0.122. The average Bonchev–Trinajstić information content (AvgIpc) is 2.94. The van der Waals surface area contributed by atoms with Crippen LogP contribution in [0.4, 0.5) is 0 Å². The van der Waals surface area contributed by atoms with Crippen LogP contribution in [-0.2, 0) is 13.1 Å². The van der Waals surface area contributed by atoms with Crippen molar-refractivity contribution in [3.63, 3.8) is 0 Å². The standard InChI is InChI=1S/C25H46N.C9H13N.C3H6Cl2/c1-4-5-6-7-8-9-10-11-12-13-14-15-16-20-23-26(2,3)24-25-21-18-17-19-22-25;1-10(2)8-9-6-4-3-5-7-9;1-3(5)2-4/h17-19,21-22H,4-16,20,23-24H2,1-3H3;3-7H,8H2,1-2H3;3H,2H2,1H3/q+1;;. The lowest BCUT2D eigenvalue weighted by Crippen LogP contribution is -2.39. The van der Waals surface area contributed by atoms with Crippen LogP contribution in [0.5, 0.6) is 0 Å². The first kappa shape index (κ1) is 39.9. The van der Waals surface area contributed by atoms with Gasteiger partial charge in [0.05, 0.1) is 20.6 Å². The fourth-order valence-electron chi connectivity index (χ4n) is 4.84. The van der Waals surface area contributed by atoms with E-state index in [1.165, 1.54) is 108 Å². The largest absolute Gasteiger partial charge is 0.325 e. The van der Waals surface area contributed by atoms with Gasteiger partial charge in [0, 0.05) is 23.4 Å². The van der Waals surface area contributed by atoms with Crippen LogP contribution in [0.15, 0.2) is 60.7 Å². The minimum atomic E-state index is 0.122. The lowest BCUT2D eigenvalue weighted by Gasteiger charge is -2.30. The van der Waals surface area contributed by atoms with E-state index in [-0.39, 0.29) is 5.38 Å². The molecule has 0 saturated heterocycles. The van der Waals surface area contributed by atoms with Gasteiger partial charge < -0.3 is 9.38 Å². The predicted octanol–water partition coefficient (Wildman–Crippen LogP) is 11.3. The normalized spacial score (nSPS) is 11.8. The molecule has 41 heavy (non-hydrogen) atoms. The molecule has 2 nitrogen and oxygen atoms in total. The van der Waals surface area contributed by atoms with Gasteiger partial charge in [-0.3, -0.25) is 0 Å². The van der Waals surface area contributed by atoms with Gasteiger partial charge in [-0.05, 0) is 39.4 Å². The molecule has 2 aromatic rings. The van der Waals surface area contributed by atoms with Crippen LogP contribution < -0.4 is 0 Å². The van der Waals surface area contributed by atoms with Crippen molar-refractivity contribution in [2.45, 2.75) is 122 Å². The molecule has 0 spiro atoms. The maximum Gasteiger partial charge on any atom is 0.104 e. The molecule has 1 atom stereocenters. The molecule has 0 saturated carbocycles. The predicted molar refractivity (Wildman–Crippen MR) is 187 cm³/mol. The van der Waals surface area contributed by atoms with Crippen molar-refractivity contribution in [1.82, 2.24) is 4.90 Å². The van der Waals surface area contributed by atoms with Gasteiger partial charge in [-0.2, -0.15) is 0 Å². The monoisotopic (exact) mass is 607 g/mol. The van der Waals surface area contributed by atoms with Gasteiger partial charge >= 0.3 is 0 Å². The molecule has 0 amide bonds. The Kier molecular flexibility index (Phi) is 27.0. The van der Waals surface area contributed by atoms with Crippen LogP contribution in [-0.4, -0.2) is 55.4 Å². The van der Waals surface area contributed by atoms with Gasteiger partial charge in [-0.15, -0.1) is 23.2 Å². The molecule has 0 aromatic heterocycles. The summed E-state index contributed by atoms with van der Waals surface area (Å²) in [5, 5.41) is 0.122. The first-order valence-corrected chi connectivity index (χ1v) is 17.4. The van der Waals surface area contributed by atoms with Crippen LogP contribution in [0, 0.1) is 0 Å². The summed E-state index contributed by atoms with van der Waals surface area (Å²) < 4.78 is 1.11. The highest BCUT2D eigenvalue weighted by atomic mass is 35.5. The Labute approximate surface area is 266 Å². The van der Waals surface area contributed by atoms with Crippen molar-refractivity contribution in [2.75, 3.05) is 40.6 Å². The second-order valence-corrected chi connectivity index (χ2v) is 13.6. The number of rotatable bonds is 20. The van der Waals surface area contributed by atoms with E-state index in [0.29, 0.717) is 5.88 Å². The third-order valence-corrected chi connectivity index (χ3v) is 7.90. The summed E-state index contributed by atoms with van der Waals surface area (Å²) in [4.78, 5) is 2.16. The second-order valence-electron chi connectivity index (χ2n) is 12.6. The molecule has 0 heterocycles. The summed E-state index contributed by atoms with van der Waals surface area (Å²) in [6.07, 6.45) is 20.2. The van der Waals surface area contributed by atoms with Crippen LogP contribution in [0.3, 0.4) is 0 Å². The Morgan fingerprint density at radius 3 is 1.37 bits per heavy atom. The van der Waals surface area contributed by atoms with Gasteiger partial charge in [0.2, 0.25) is 0 Å². The molecule has 1 unspecified atom stereocenters. The van der Waals surface area contributed by atoms with E-state index >= 15 is 0 Å². The van der Waals surface area contributed by atoms with Crippen LogP contribution >= 0.6 is 23.2 Å². The first-order valence-electron chi connectivity index (χ1n) is 16.4. The minimum Gasteiger partial charge on any atom is -0.325 e. The number of benzene rings is 2. The maximum absolute atomic E-state index is 5.33. The Morgan fingerprint density at radius 2 is 1.00 bits per heavy atom. The highest BCUT2D eigenvalue weighted by Gasteiger charge is 2.14. The Bertz CT molecular complexity index is 778. The van der Waals surface area contributed by atoms with E-state index in [1.54, 1.807) is 0 Å². The van der Waals surface area contributed by atoms with Crippen molar-refractivity contribution in [3.05, 3.63) is 71.8 Å². The third-order valence-electron chi connectivity index (χ3n) is 7.12. The fourth-order valence-corrected chi connectivity index (χ4v) is 4.84. The summed E-state index contributed by atoms with van der Waals surface area (Å²) in [6, 6.07) is 21.4. The van der Waals surface area contributed by atoms with E-state index < -0.39 is 0 Å². The number of hydrogen-bond donors (Lipinski definition) is 0. The van der Waals surface area contributed by atoms with Crippen molar-refractivity contribution >= 4 is 23.2 Å². The number of alkyl halides is 2. The summed E-state index contributed by atoms with van der Waals surface area (Å²) in [5.41, 5.74) is 2.83. The molecule has 0 fully saturated rings. The summed E-state index contributed by atoms with van der Waals surface area (Å²) >= 11 is 10.5. The van der Waals surface area contributed by atoms with Crippen molar-refractivity contribution in [2.24, 2.45) is 0 Å². The van der Waals surface area contributed by atoms with Crippen LogP contribution in [0.25, 0.3) is 0 Å². The molecule has 4 heteroatoms. The Balaban J connectivity index is 0.000000867. The highest BCUT2D eigenvalue weighted by molar-refractivity contribution is 6.27. The van der Waals surface area contributed by atoms with Gasteiger partial charge in [0.15, 0.2) is 0 Å². The zero-order valence-electron chi connectivity index (χ0n) is 27.7. The molecule has 0 bridgehead atoms. The smallest absolute Gasteiger partial charge is 0.104 e. The quantitative estimate of drug-likeness (QED) is 0.0821. The molecule has 2 rings (SSSR count). The number of halogens is 2. The van der Waals surface area contributed by atoms with Crippen molar-refractivity contribution in [1.29, 1.82) is 0 Å². The summed E-state index contributed by atoms with van der Waals surface area (Å²) in [7, 11) is 8.89. The topological polar surface area (TPSA) is 3.24 Å². The SMILES string of the molecule is CC(Cl)CCl.CCCCCCCCCCCCCCCC[N+](C)(C)Cc1ccccc1.CN(C)Cc1ccccc1. The second kappa shape index (κ2) is 27.8. The van der Waals surface area contributed by atoms with E-state index in [1.807, 2.05) is 13.0 Å². The number of quaternary nitrogens is 1. The van der Waals surface area contributed by atoms with Crippen LogP contribution in [0.2, 0.25) is 0 Å². The molecule has 0 N–H and O–H groups in total. The summed E-state index contributed by atoms with van der Waals surface area (Å²) in [5.74, 6) is 0.543. The zero-order valence-corrected chi connectivity index (χ0v) is 29.2. The van der Waals surface area contributed by atoms with Gasteiger partial charge in [0.1, 0.15) is 6.54 Å². The molecule has 2 aromatic carbocycles. The molecule has 0 radical (unpaired) electrons. The van der Waals surface area contributed by atoms with Gasteiger partial charge in [-0.1, -0.05) is 145 Å². The highest BCUT2D eigenvalue weighted by Crippen LogP contribution is 2.15. The van der Waals surface area contributed by atoms with Crippen LogP contribution in [0.1, 0.15) is 115 Å². The molecule has 0 aliphatic rings. The Hall–Kier alpha value is -1.06. The maximum atomic E-state index is 5.33. The average molecular weight is 609 g/mol. The first-order chi connectivity index (χ1) is 19.7. The lowest BCUT2D eigenvalue weighted by molar-refractivity contribution is -0.903. The third kappa shape index (κ3) is 28.8. The van der Waals surface area contributed by atoms with E-state index in [2.05, 4.69) is 94.6 Å². The van der Waals surface area contributed by atoms with E-state index in [4.69, 9.17) is 23.2 Å². The zero-order chi connectivity index (χ0) is 30.6. The number of hydrogen-bond acceptors (Lipinski definition) is 1. The molecule has 0 aliphatic carbocycles. The van der Waals surface area contributed by atoms with Crippen molar-refractivity contribution in [3.8, 4) is 0 Å². The fraction of sp³-hybridized carbons (Fsp3) is 0.676. The molecular weight excluding hydrogens is 543 g/mol. The summed E-state index contributed by atoms with van der Waals surface area (Å²) in [6.45, 7) is 7.63.